The van der Waals surface area contributed by atoms with Crippen LogP contribution in [-0.4, -0.2) is 47.5 Å². The molecule has 1 unspecified atom stereocenters. The van der Waals surface area contributed by atoms with Gasteiger partial charge in [0.2, 0.25) is 5.91 Å². The van der Waals surface area contributed by atoms with Crippen molar-refractivity contribution in [1.29, 1.82) is 0 Å². The Bertz CT molecular complexity index is 1010. The number of amides is 3. The summed E-state index contributed by atoms with van der Waals surface area (Å²) in [6.45, 7) is 0.875. The van der Waals surface area contributed by atoms with Crippen LogP contribution < -0.4 is 5.84 Å². The SMILES string of the molecule is COCOCC1(c2ccccc2)SC(c2cc(F)ccc2F)=NN1C(=O)N(N)C(C)=O. The molecule has 8 nitrogen and oxygen atoms in total. The van der Waals surface area contributed by atoms with Crippen LogP contribution in [-0.2, 0) is 19.1 Å². The molecule has 0 aliphatic carbocycles. The highest BCUT2D eigenvalue weighted by atomic mass is 32.2. The minimum atomic E-state index is -1.36. The van der Waals surface area contributed by atoms with E-state index in [1.54, 1.807) is 30.3 Å². The first kappa shape index (κ1) is 22.8. The van der Waals surface area contributed by atoms with Crippen LogP contribution in [0.25, 0.3) is 0 Å². The van der Waals surface area contributed by atoms with E-state index in [-0.39, 0.29) is 24.0 Å². The maximum absolute atomic E-state index is 14.5. The van der Waals surface area contributed by atoms with Crippen molar-refractivity contribution >= 4 is 28.7 Å². The molecule has 31 heavy (non-hydrogen) atoms. The largest absolute Gasteiger partial charge is 0.363 e. The number of carbonyl (C=O) groups excluding carboxylic acids is 2. The summed E-state index contributed by atoms with van der Waals surface area (Å²) in [6, 6.07) is 10.7. The summed E-state index contributed by atoms with van der Waals surface area (Å²) in [5, 5.41) is 5.59. The van der Waals surface area contributed by atoms with E-state index in [4.69, 9.17) is 15.3 Å². The van der Waals surface area contributed by atoms with Crippen LogP contribution in [0.15, 0.2) is 53.6 Å². The number of hydrazine groups is 1. The van der Waals surface area contributed by atoms with Crippen molar-refractivity contribution in [2.75, 3.05) is 20.5 Å². The number of carbonyl (C=O) groups is 2. The highest BCUT2D eigenvalue weighted by Gasteiger charge is 2.51. The van der Waals surface area contributed by atoms with Gasteiger partial charge in [0, 0.05) is 19.6 Å². The minimum absolute atomic E-state index is 0.0205. The maximum atomic E-state index is 14.5. The Kier molecular flexibility index (Phi) is 7.01. The average Bonchev–Trinajstić information content (AvgIpc) is 3.15. The number of nitrogens with two attached hydrogens (primary N) is 1. The van der Waals surface area contributed by atoms with E-state index >= 15 is 0 Å². The van der Waals surface area contributed by atoms with E-state index in [2.05, 4.69) is 5.10 Å². The number of nitrogens with zero attached hydrogens (tertiary/aromatic N) is 3. The predicted octanol–water partition coefficient (Wildman–Crippen LogP) is 2.99. The normalized spacial score (nSPS) is 18.1. The van der Waals surface area contributed by atoms with Crippen molar-refractivity contribution < 1.29 is 27.8 Å². The Hall–Kier alpha value is -2.86. The van der Waals surface area contributed by atoms with Crippen molar-refractivity contribution in [2.24, 2.45) is 10.9 Å². The average molecular weight is 450 g/mol. The summed E-state index contributed by atoms with van der Waals surface area (Å²) >= 11 is 0.978. The summed E-state index contributed by atoms with van der Waals surface area (Å²) in [5.41, 5.74) is 0.427. The number of hydrogen-bond acceptors (Lipinski definition) is 7. The zero-order valence-corrected chi connectivity index (χ0v) is 17.6. The van der Waals surface area contributed by atoms with Gasteiger partial charge in [0.05, 0.1) is 6.61 Å². The predicted molar refractivity (Wildman–Crippen MR) is 110 cm³/mol. The fraction of sp³-hybridized carbons (Fsp3) is 0.250. The fourth-order valence-electron chi connectivity index (χ4n) is 2.92. The lowest BCUT2D eigenvalue weighted by molar-refractivity contribution is -0.127. The lowest BCUT2D eigenvalue weighted by atomic mass is 10.1. The standard InChI is InChI=1S/C20H20F2N4O4S/c1-13(27)25(23)19(28)26-20(11-30-12-29-2,14-6-4-3-5-7-14)31-18(24-26)16-10-15(21)8-9-17(16)22/h3-10H,11-12,23H2,1-2H3. The molecule has 1 heterocycles. The quantitative estimate of drug-likeness (QED) is 0.239. The molecule has 1 aliphatic heterocycles. The first-order chi connectivity index (χ1) is 14.8. The smallest absolute Gasteiger partial charge is 0.359 e. The van der Waals surface area contributed by atoms with E-state index in [1.165, 1.54) is 7.11 Å². The second-order valence-electron chi connectivity index (χ2n) is 6.52. The van der Waals surface area contributed by atoms with E-state index in [1.807, 2.05) is 0 Å². The van der Waals surface area contributed by atoms with Crippen molar-refractivity contribution in [2.45, 2.75) is 11.8 Å². The van der Waals surface area contributed by atoms with Crippen LogP contribution in [0, 0.1) is 11.6 Å². The third-order valence-corrected chi connectivity index (χ3v) is 5.77. The van der Waals surface area contributed by atoms with Crippen molar-refractivity contribution in [3.63, 3.8) is 0 Å². The summed E-state index contributed by atoms with van der Waals surface area (Å²) in [6.07, 6.45) is 0. The van der Waals surface area contributed by atoms with Crippen molar-refractivity contribution in [3.8, 4) is 0 Å². The van der Waals surface area contributed by atoms with Gasteiger partial charge in [0.15, 0.2) is 4.87 Å². The number of halogens is 2. The summed E-state index contributed by atoms with van der Waals surface area (Å²) in [5.74, 6) is 3.52. The molecule has 0 fully saturated rings. The molecule has 2 N–H and O–H groups in total. The van der Waals surface area contributed by atoms with Crippen molar-refractivity contribution in [3.05, 3.63) is 71.3 Å². The van der Waals surface area contributed by atoms with E-state index in [9.17, 15) is 18.4 Å². The molecule has 3 rings (SSSR count). The zero-order valence-electron chi connectivity index (χ0n) is 16.7. The molecule has 0 aromatic heterocycles. The number of hydrogen-bond donors (Lipinski definition) is 1. The molecule has 0 saturated heterocycles. The number of rotatable bonds is 6. The summed E-state index contributed by atoms with van der Waals surface area (Å²) in [7, 11) is 1.43. The number of hydrazone groups is 1. The van der Waals surface area contributed by atoms with Gasteiger partial charge in [-0.25, -0.2) is 19.4 Å². The van der Waals surface area contributed by atoms with E-state index in [0.717, 1.165) is 41.9 Å². The molecule has 1 aliphatic rings. The number of ether oxygens (including phenoxy) is 2. The second kappa shape index (κ2) is 9.52. The molecule has 0 bridgehead atoms. The third kappa shape index (κ3) is 4.59. The molecule has 2 aromatic rings. The van der Waals surface area contributed by atoms with Gasteiger partial charge >= 0.3 is 6.03 Å². The highest BCUT2D eigenvalue weighted by Crippen LogP contribution is 2.48. The first-order valence-electron chi connectivity index (χ1n) is 9.05. The first-order valence-corrected chi connectivity index (χ1v) is 9.86. The van der Waals surface area contributed by atoms with Crippen molar-refractivity contribution in [1.82, 2.24) is 10.0 Å². The number of imide groups is 1. The van der Waals surface area contributed by atoms with Gasteiger partial charge in [-0.2, -0.15) is 15.1 Å². The molecule has 164 valence electrons. The lowest BCUT2D eigenvalue weighted by Crippen LogP contribution is -2.54. The second-order valence-corrected chi connectivity index (χ2v) is 7.79. The van der Waals surface area contributed by atoms with Crippen LogP contribution in [0.2, 0.25) is 0 Å². The lowest BCUT2D eigenvalue weighted by Gasteiger charge is -2.36. The van der Waals surface area contributed by atoms with E-state index < -0.39 is 28.4 Å². The van der Waals surface area contributed by atoms with Gasteiger partial charge in [0.1, 0.15) is 23.5 Å². The summed E-state index contributed by atoms with van der Waals surface area (Å²) in [4.78, 5) is 23.4. The highest BCUT2D eigenvalue weighted by molar-refractivity contribution is 8.15. The van der Waals surface area contributed by atoms with Crippen LogP contribution in [0.5, 0.6) is 0 Å². The third-order valence-electron chi connectivity index (χ3n) is 4.41. The Morgan fingerprint density at radius 1 is 1.23 bits per heavy atom. The zero-order chi connectivity index (χ0) is 22.6. The minimum Gasteiger partial charge on any atom is -0.359 e. The molecule has 0 saturated carbocycles. The molecule has 3 amide bonds. The van der Waals surface area contributed by atoms with Crippen LogP contribution in [0.3, 0.4) is 0 Å². The number of urea groups is 1. The topological polar surface area (TPSA) is 97.5 Å². The van der Waals surface area contributed by atoms with Crippen LogP contribution >= 0.6 is 11.8 Å². The Morgan fingerprint density at radius 3 is 2.58 bits per heavy atom. The Labute approximate surface area is 181 Å². The Morgan fingerprint density at radius 2 is 1.94 bits per heavy atom. The van der Waals surface area contributed by atoms with Crippen LogP contribution in [0.4, 0.5) is 13.6 Å². The van der Waals surface area contributed by atoms with Gasteiger partial charge in [0.25, 0.3) is 0 Å². The summed E-state index contributed by atoms with van der Waals surface area (Å²) < 4.78 is 38.8. The number of benzene rings is 2. The van der Waals surface area contributed by atoms with Gasteiger partial charge < -0.3 is 9.47 Å². The maximum Gasteiger partial charge on any atom is 0.363 e. The van der Waals surface area contributed by atoms with E-state index in [0.29, 0.717) is 10.6 Å². The van der Waals surface area contributed by atoms with Gasteiger partial charge in [-0.05, 0) is 23.8 Å². The molecule has 11 heteroatoms. The van der Waals surface area contributed by atoms with Gasteiger partial charge in [-0.1, -0.05) is 42.1 Å². The van der Waals surface area contributed by atoms with Gasteiger partial charge in [-0.3, -0.25) is 4.79 Å². The molecule has 1 atom stereocenters. The monoisotopic (exact) mass is 450 g/mol. The molecular weight excluding hydrogens is 430 g/mol. The molecule has 0 radical (unpaired) electrons. The number of methoxy groups -OCH3 is 1. The molecule has 2 aromatic carbocycles. The Balaban J connectivity index is 2.15. The molecule has 0 spiro atoms. The number of thioether (sulfide) groups is 1. The van der Waals surface area contributed by atoms with Gasteiger partial charge in [-0.15, -0.1) is 0 Å². The fourth-order valence-corrected chi connectivity index (χ4v) is 4.23. The van der Waals surface area contributed by atoms with Crippen LogP contribution in [0.1, 0.15) is 18.1 Å². The molecular formula is C20H20F2N4O4S.